The van der Waals surface area contributed by atoms with E-state index in [0.717, 1.165) is 25.7 Å². The van der Waals surface area contributed by atoms with Crippen LogP contribution in [-0.2, 0) is 0 Å². The van der Waals surface area contributed by atoms with Gasteiger partial charge < -0.3 is 15.7 Å². The number of guanidine groups is 1. The number of hydrogen-bond donors (Lipinski definition) is 3. The summed E-state index contributed by atoms with van der Waals surface area (Å²) in [5.41, 5.74) is 0. The molecule has 24 heavy (non-hydrogen) atoms. The number of aliphatic hydroxyl groups excluding tert-OH is 1. The van der Waals surface area contributed by atoms with Crippen LogP contribution in [0.5, 0.6) is 0 Å². The predicted molar refractivity (Wildman–Crippen MR) is 98.8 cm³/mol. The van der Waals surface area contributed by atoms with E-state index in [2.05, 4.69) is 15.6 Å². The first-order chi connectivity index (χ1) is 10.9. The van der Waals surface area contributed by atoms with E-state index in [0.29, 0.717) is 32.0 Å². The zero-order chi connectivity index (χ0) is 16.9. The van der Waals surface area contributed by atoms with E-state index in [1.807, 2.05) is 6.92 Å². The molecule has 0 amide bonds. The second-order valence-corrected chi connectivity index (χ2v) is 6.45. The number of nitrogens with one attached hydrogen (secondary N) is 2. The minimum absolute atomic E-state index is 0. The molecule has 142 valence electrons. The maximum absolute atomic E-state index is 12.4. The van der Waals surface area contributed by atoms with Gasteiger partial charge in [0, 0.05) is 31.7 Å². The summed E-state index contributed by atoms with van der Waals surface area (Å²) >= 11 is 0. The van der Waals surface area contributed by atoms with Crippen LogP contribution in [0.4, 0.5) is 13.2 Å². The van der Waals surface area contributed by atoms with Crippen LogP contribution in [0, 0.1) is 0 Å². The molecule has 9 heteroatoms. The Morgan fingerprint density at radius 3 is 2.33 bits per heavy atom. The Morgan fingerprint density at radius 1 is 1.12 bits per heavy atom. The molecule has 2 rings (SSSR count). The van der Waals surface area contributed by atoms with Gasteiger partial charge in [0.25, 0.3) is 0 Å². The smallest absolute Gasteiger partial charge is 0.393 e. The third-order valence-corrected chi connectivity index (χ3v) is 4.37. The van der Waals surface area contributed by atoms with Crippen molar-refractivity contribution in [1.29, 1.82) is 0 Å². The average Bonchev–Trinajstić information content (AvgIpc) is 2.86. The zero-order valence-corrected chi connectivity index (χ0v) is 16.3. The molecule has 2 aliphatic rings. The Labute approximate surface area is 158 Å². The Morgan fingerprint density at radius 2 is 1.75 bits per heavy atom. The summed E-state index contributed by atoms with van der Waals surface area (Å²) in [5.74, 6) is 0.674. The van der Waals surface area contributed by atoms with Crippen molar-refractivity contribution < 1.29 is 18.3 Å². The highest BCUT2D eigenvalue weighted by atomic mass is 127. The van der Waals surface area contributed by atoms with E-state index in [4.69, 9.17) is 0 Å². The van der Waals surface area contributed by atoms with Gasteiger partial charge in [-0.1, -0.05) is 0 Å². The average molecular weight is 464 g/mol. The summed E-state index contributed by atoms with van der Waals surface area (Å²) in [5, 5.41) is 16.2. The van der Waals surface area contributed by atoms with Crippen LogP contribution in [0.3, 0.4) is 0 Å². The minimum atomic E-state index is -4.14. The van der Waals surface area contributed by atoms with Crippen molar-refractivity contribution in [1.82, 2.24) is 15.5 Å². The molecule has 1 heterocycles. The molecule has 1 saturated carbocycles. The van der Waals surface area contributed by atoms with Gasteiger partial charge in [0.1, 0.15) is 0 Å². The van der Waals surface area contributed by atoms with Crippen molar-refractivity contribution in [2.45, 2.75) is 63.4 Å². The maximum atomic E-state index is 12.4. The van der Waals surface area contributed by atoms with Gasteiger partial charge in [0.2, 0.25) is 0 Å². The largest absolute Gasteiger partial charge is 0.401 e. The van der Waals surface area contributed by atoms with Gasteiger partial charge >= 0.3 is 6.18 Å². The van der Waals surface area contributed by atoms with Gasteiger partial charge in [0.15, 0.2) is 5.96 Å². The second kappa shape index (κ2) is 10.0. The van der Waals surface area contributed by atoms with Crippen LogP contribution < -0.4 is 10.6 Å². The predicted octanol–water partition coefficient (Wildman–Crippen LogP) is 2.10. The fourth-order valence-corrected chi connectivity index (χ4v) is 3.25. The van der Waals surface area contributed by atoms with Crippen LogP contribution in [0.25, 0.3) is 0 Å². The normalized spacial score (nSPS) is 29.2. The van der Waals surface area contributed by atoms with Gasteiger partial charge in [-0.15, -0.1) is 24.0 Å². The van der Waals surface area contributed by atoms with Crippen molar-refractivity contribution >= 4 is 29.9 Å². The summed E-state index contributed by atoms with van der Waals surface area (Å²) in [6, 6.07) is 0.258. The first-order valence-corrected chi connectivity index (χ1v) is 8.40. The van der Waals surface area contributed by atoms with Crippen LogP contribution >= 0.6 is 24.0 Å². The van der Waals surface area contributed by atoms with Gasteiger partial charge in [-0.25, -0.2) is 0 Å². The van der Waals surface area contributed by atoms with Crippen molar-refractivity contribution in [2.24, 2.45) is 4.99 Å². The van der Waals surface area contributed by atoms with Crippen molar-refractivity contribution in [3.63, 3.8) is 0 Å². The van der Waals surface area contributed by atoms with Crippen molar-refractivity contribution in [3.8, 4) is 0 Å². The Hall–Kier alpha value is -0.290. The summed E-state index contributed by atoms with van der Waals surface area (Å²) in [6.07, 6.45) is -0.342. The van der Waals surface area contributed by atoms with Crippen LogP contribution in [0.2, 0.25) is 0 Å². The second-order valence-electron chi connectivity index (χ2n) is 6.45. The molecule has 1 aliphatic carbocycles. The Bertz CT molecular complexity index is 401. The van der Waals surface area contributed by atoms with Crippen LogP contribution in [0.1, 0.15) is 39.0 Å². The number of likely N-dealkylation sites (tertiary alicyclic amines) is 1. The molecule has 2 fully saturated rings. The number of nitrogens with zero attached hydrogens (tertiary/aromatic N) is 2. The molecule has 5 nitrogen and oxygen atoms in total. The standard InChI is InChI=1S/C15H27F3N4O.HI/c1-2-19-14(20-11-3-5-13(23)6-4-11)21-12-7-8-22(9-12)10-15(16,17)18;/h11-13,23H,2-10H2,1H3,(H2,19,20,21);1H. The van der Waals surface area contributed by atoms with Crippen LogP contribution in [-0.4, -0.2) is 66.5 Å². The van der Waals surface area contributed by atoms with E-state index in [-0.39, 0.29) is 42.2 Å². The highest BCUT2D eigenvalue weighted by molar-refractivity contribution is 14.0. The fraction of sp³-hybridized carbons (Fsp3) is 0.933. The molecule has 0 aromatic rings. The van der Waals surface area contributed by atoms with E-state index in [1.54, 1.807) is 0 Å². The van der Waals surface area contributed by atoms with Gasteiger partial charge in [-0.3, -0.25) is 9.89 Å². The number of aliphatic hydroxyl groups is 1. The zero-order valence-electron chi connectivity index (χ0n) is 14.0. The summed E-state index contributed by atoms with van der Waals surface area (Å²) in [4.78, 5) is 5.82. The van der Waals surface area contributed by atoms with E-state index in [1.165, 1.54) is 4.90 Å². The van der Waals surface area contributed by atoms with Crippen molar-refractivity contribution in [3.05, 3.63) is 0 Å². The first-order valence-electron chi connectivity index (χ1n) is 8.40. The molecule has 1 aliphatic heterocycles. The SMILES string of the molecule is CCN=C(NC1CCC(O)CC1)NC1CCN(CC(F)(F)F)C1.I. The molecule has 1 saturated heterocycles. The molecule has 3 N–H and O–H groups in total. The Balaban J connectivity index is 0.00000288. The highest BCUT2D eigenvalue weighted by Crippen LogP contribution is 2.20. The number of aliphatic imine (C=N–C) groups is 1. The molecule has 0 aromatic heterocycles. The highest BCUT2D eigenvalue weighted by Gasteiger charge is 2.34. The molecule has 0 spiro atoms. The number of alkyl halides is 3. The monoisotopic (exact) mass is 464 g/mol. The lowest BCUT2D eigenvalue weighted by Gasteiger charge is -2.28. The fourth-order valence-electron chi connectivity index (χ4n) is 3.25. The lowest BCUT2D eigenvalue weighted by Crippen LogP contribution is -2.49. The van der Waals surface area contributed by atoms with Crippen molar-refractivity contribution in [2.75, 3.05) is 26.2 Å². The minimum Gasteiger partial charge on any atom is -0.393 e. The number of rotatable bonds is 4. The van der Waals surface area contributed by atoms with E-state index in [9.17, 15) is 18.3 Å². The Kier molecular flexibility index (Phi) is 9.07. The first kappa shape index (κ1) is 21.8. The molecule has 0 bridgehead atoms. The van der Waals surface area contributed by atoms with E-state index < -0.39 is 12.7 Å². The molecular formula is C15H28F3IN4O. The third kappa shape index (κ3) is 7.73. The van der Waals surface area contributed by atoms with E-state index >= 15 is 0 Å². The molecule has 0 radical (unpaired) electrons. The quantitative estimate of drug-likeness (QED) is 0.339. The lowest BCUT2D eigenvalue weighted by molar-refractivity contribution is -0.143. The summed E-state index contributed by atoms with van der Waals surface area (Å²) in [7, 11) is 0. The maximum Gasteiger partial charge on any atom is 0.401 e. The number of hydrogen-bond acceptors (Lipinski definition) is 3. The lowest BCUT2D eigenvalue weighted by atomic mass is 9.93. The molecule has 1 unspecified atom stereocenters. The summed E-state index contributed by atoms with van der Waals surface area (Å²) < 4.78 is 37.3. The van der Waals surface area contributed by atoms with Gasteiger partial charge in [-0.05, 0) is 39.0 Å². The van der Waals surface area contributed by atoms with Gasteiger partial charge in [0.05, 0.1) is 12.6 Å². The molecule has 1 atom stereocenters. The topological polar surface area (TPSA) is 59.9 Å². The van der Waals surface area contributed by atoms with Gasteiger partial charge in [-0.2, -0.15) is 13.2 Å². The molecular weight excluding hydrogens is 436 g/mol. The molecule has 0 aromatic carbocycles. The summed E-state index contributed by atoms with van der Waals surface area (Å²) in [6.45, 7) is 2.53. The number of halogens is 4. The third-order valence-electron chi connectivity index (χ3n) is 4.37. The van der Waals surface area contributed by atoms with Crippen LogP contribution in [0.15, 0.2) is 4.99 Å².